The largest absolute Gasteiger partial charge is 0.475 e. The number of hydrogen-bond acceptors (Lipinski definition) is 3. The lowest BCUT2D eigenvalue weighted by Crippen LogP contribution is -2.42. The van der Waals surface area contributed by atoms with Gasteiger partial charge in [0.05, 0.1) is 13.6 Å². The summed E-state index contributed by atoms with van der Waals surface area (Å²) in [5.74, 6) is 0.877. The molecule has 0 radical (unpaired) electrons. The normalized spacial score (nSPS) is 16.7. The average Bonchev–Trinajstić information content (AvgIpc) is 2.89. The lowest BCUT2D eigenvalue weighted by molar-refractivity contribution is 0.279. The third-order valence-electron chi connectivity index (χ3n) is 4.73. The first-order valence-corrected chi connectivity index (χ1v) is 14.4. The summed E-state index contributed by atoms with van der Waals surface area (Å²) < 4.78 is 6.09. The first kappa shape index (κ1) is 20.6. The topological polar surface area (TPSA) is 21.6 Å². The molecule has 1 heterocycles. The van der Waals surface area contributed by atoms with Crippen molar-refractivity contribution in [2.75, 3.05) is 12.9 Å². The number of ether oxygens (including phenoxy) is 1. The molecule has 0 aromatic heterocycles. The van der Waals surface area contributed by atoms with E-state index in [0.29, 0.717) is 6.61 Å². The molecular formula is C21H35NOSSi. The summed E-state index contributed by atoms with van der Waals surface area (Å²) in [6.07, 6.45) is 8.56. The van der Waals surface area contributed by atoms with Crippen LogP contribution in [0.3, 0.4) is 0 Å². The number of nitrogens with zero attached hydrogens (tertiary/aromatic N) is 1. The Labute approximate surface area is 159 Å². The fourth-order valence-corrected chi connectivity index (χ4v) is 5.84. The van der Waals surface area contributed by atoms with E-state index in [1.165, 1.54) is 46.9 Å². The van der Waals surface area contributed by atoms with Crippen LogP contribution in [0, 0.1) is 0 Å². The molecule has 1 aliphatic heterocycles. The van der Waals surface area contributed by atoms with Crippen molar-refractivity contribution in [3.63, 3.8) is 0 Å². The van der Waals surface area contributed by atoms with E-state index in [2.05, 4.69) is 58.8 Å². The number of thioether (sulfide) groups is 1. The molecule has 25 heavy (non-hydrogen) atoms. The van der Waals surface area contributed by atoms with Crippen molar-refractivity contribution in [2.24, 2.45) is 4.99 Å². The van der Waals surface area contributed by atoms with Crippen molar-refractivity contribution in [3.8, 4) is 0 Å². The molecule has 0 N–H and O–H groups in total. The van der Waals surface area contributed by atoms with E-state index in [4.69, 9.17) is 9.73 Å². The van der Waals surface area contributed by atoms with Crippen LogP contribution >= 0.6 is 11.8 Å². The molecule has 0 fully saturated rings. The van der Waals surface area contributed by atoms with Crippen LogP contribution in [0.25, 0.3) is 0 Å². The third-order valence-corrected chi connectivity index (χ3v) is 7.64. The highest BCUT2D eigenvalue weighted by Gasteiger charge is 2.33. The fraction of sp³-hybridized carbons (Fsp3) is 0.667. The van der Waals surface area contributed by atoms with Crippen molar-refractivity contribution in [3.05, 3.63) is 23.3 Å². The SMILES string of the molecule is CCCCCCc1ccc([Si](C)(C)C)c(C2=NC(C)(C)CO2)c1SC. The minimum absolute atomic E-state index is 0.112. The van der Waals surface area contributed by atoms with Crippen LogP contribution in [0.4, 0.5) is 0 Å². The fourth-order valence-electron chi connectivity index (χ4n) is 3.35. The van der Waals surface area contributed by atoms with Gasteiger partial charge in [0.1, 0.15) is 6.61 Å². The lowest BCUT2D eigenvalue weighted by Gasteiger charge is -2.24. The van der Waals surface area contributed by atoms with Gasteiger partial charge in [0, 0.05) is 10.5 Å². The Kier molecular flexibility index (Phi) is 6.83. The van der Waals surface area contributed by atoms with Gasteiger partial charge < -0.3 is 4.74 Å². The van der Waals surface area contributed by atoms with Crippen LogP contribution in [0.2, 0.25) is 19.6 Å². The molecule has 0 atom stereocenters. The van der Waals surface area contributed by atoms with Crippen molar-refractivity contribution >= 4 is 30.9 Å². The number of hydrogen-bond donors (Lipinski definition) is 0. The maximum Gasteiger partial charge on any atom is 0.217 e. The molecule has 0 spiro atoms. The van der Waals surface area contributed by atoms with Crippen molar-refractivity contribution < 1.29 is 4.74 Å². The smallest absolute Gasteiger partial charge is 0.217 e. The predicted octanol–water partition coefficient (Wildman–Crippen LogP) is 5.63. The van der Waals surface area contributed by atoms with Crippen LogP contribution in [0.5, 0.6) is 0 Å². The van der Waals surface area contributed by atoms with E-state index < -0.39 is 8.07 Å². The molecule has 2 nitrogen and oxygen atoms in total. The first-order valence-electron chi connectivity index (χ1n) is 9.63. The van der Waals surface area contributed by atoms with Gasteiger partial charge >= 0.3 is 0 Å². The summed E-state index contributed by atoms with van der Waals surface area (Å²) in [6, 6.07) is 4.74. The standard InChI is InChI=1S/C21H35NOSSi/c1-8-9-10-11-12-16-13-14-17(25(5,6)7)18(19(16)24-4)20-22-21(2,3)15-23-20/h13-14H,8-12,15H2,1-7H3. The zero-order valence-electron chi connectivity index (χ0n) is 17.2. The third kappa shape index (κ3) is 5.13. The molecule has 0 unspecified atom stereocenters. The van der Waals surface area contributed by atoms with Crippen LogP contribution in [-0.4, -0.2) is 32.4 Å². The molecule has 0 bridgehead atoms. The van der Waals surface area contributed by atoms with Gasteiger partial charge in [-0.05, 0) is 43.7 Å². The molecule has 1 aromatic carbocycles. The van der Waals surface area contributed by atoms with Crippen molar-refractivity contribution in [1.29, 1.82) is 0 Å². The number of aryl methyl sites for hydroxylation is 1. The summed E-state index contributed by atoms with van der Waals surface area (Å²) >= 11 is 1.86. The highest BCUT2D eigenvalue weighted by Crippen LogP contribution is 2.31. The summed E-state index contributed by atoms with van der Waals surface area (Å²) in [5, 5.41) is 1.48. The van der Waals surface area contributed by atoms with Crippen LogP contribution < -0.4 is 5.19 Å². The molecule has 0 amide bonds. The molecule has 0 saturated heterocycles. The Bertz CT molecular complexity index is 632. The van der Waals surface area contributed by atoms with Crippen LogP contribution in [-0.2, 0) is 11.2 Å². The molecule has 0 saturated carbocycles. The van der Waals surface area contributed by atoms with Crippen LogP contribution in [0.1, 0.15) is 57.6 Å². The maximum absolute atomic E-state index is 6.09. The summed E-state index contributed by atoms with van der Waals surface area (Å²) in [7, 11) is -1.48. The lowest BCUT2D eigenvalue weighted by atomic mass is 10.0. The van der Waals surface area contributed by atoms with E-state index in [0.717, 1.165) is 12.3 Å². The zero-order valence-corrected chi connectivity index (χ0v) is 19.0. The number of rotatable bonds is 8. The van der Waals surface area contributed by atoms with Crippen LogP contribution in [0.15, 0.2) is 22.0 Å². The predicted molar refractivity (Wildman–Crippen MR) is 116 cm³/mol. The number of unbranched alkanes of at least 4 members (excludes halogenated alkanes) is 3. The molecule has 0 aliphatic carbocycles. The second-order valence-corrected chi connectivity index (χ2v) is 14.6. The molecule has 1 aromatic rings. The van der Waals surface area contributed by atoms with E-state index in [1.54, 1.807) is 0 Å². The Morgan fingerprint density at radius 1 is 1.16 bits per heavy atom. The average molecular weight is 378 g/mol. The Hall–Kier alpha value is -0.743. The van der Waals surface area contributed by atoms with Gasteiger partial charge in [-0.15, -0.1) is 11.8 Å². The molecule has 140 valence electrons. The Morgan fingerprint density at radius 2 is 1.88 bits per heavy atom. The number of benzene rings is 1. The zero-order chi connectivity index (χ0) is 18.7. The van der Waals surface area contributed by atoms with Gasteiger partial charge in [0.25, 0.3) is 0 Å². The van der Waals surface area contributed by atoms with Gasteiger partial charge in [-0.25, -0.2) is 4.99 Å². The van der Waals surface area contributed by atoms with Gasteiger partial charge in [-0.1, -0.05) is 58.0 Å². The molecule has 1 aliphatic rings. The Balaban J connectivity index is 2.48. The minimum Gasteiger partial charge on any atom is -0.475 e. The second-order valence-electron chi connectivity index (χ2n) is 8.76. The highest BCUT2D eigenvalue weighted by molar-refractivity contribution is 7.98. The molecule has 4 heteroatoms. The molecule has 2 rings (SSSR count). The van der Waals surface area contributed by atoms with Gasteiger partial charge in [0.2, 0.25) is 5.90 Å². The van der Waals surface area contributed by atoms with E-state index >= 15 is 0 Å². The van der Waals surface area contributed by atoms with E-state index in [-0.39, 0.29) is 5.54 Å². The quantitative estimate of drug-likeness (QED) is 0.332. The van der Waals surface area contributed by atoms with Crippen molar-refractivity contribution in [1.82, 2.24) is 0 Å². The summed E-state index contributed by atoms with van der Waals surface area (Å²) in [4.78, 5) is 6.32. The monoisotopic (exact) mass is 377 g/mol. The summed E-state index contributed by atoms with van der Waals surface area (Å²) in [6.45, 7) is 14.5. The van der Waals surface area contributed by atoms with E-state index in [1.807, 2.05) is 11.8 Å². The van der Waals surface area contributed by atoms with Gasteiger partial charge in [-0.2, -0.15) is 0 Å². The maximum atomic E-state index is 6.09. The summed E-state index contributed by atoms with van der Waals surface area (Å²) in [5.41, 5.74) is 2.65. The second kappa shape index (κ2) is 8.30. The van der Waals surface area contributed by atoms with Gasteiger partial charge in [0.15, 0.2) is 0 Å². The first-order chi connectivity index (χ1) is 11.7. The minimum atomic E-state index is -1.48. The number of aliphatic imine (C=N–C) groups is 1. The Morgan fingerprint density at radius 3 is 2.40 bits per heavy atom. The molecular weight excluding hydrogens is 342 g/mol. The van der Waals surface area contributed by atoms with E-state index in [9.17, 15) is 0 Å². The van der Waals surface area contributed by atoms with Crippen molar-refractivity contribution in [2.45, 2.75) is 83.0 Å². The van der Waals surface area contributed by atoms with Gasteiger partial charge in [-0.3, -0.25) is 0 Å². The highest BCUT2D eigenvalue weighted by atomic mass is 32.2.